The van der Waals surface area contributed by atoms with Crippen molar-refractivity contribution in [3.05, 3.63) is 69.5 Å². The van der Waals surface area contributed by atoms with E-state index < -0.39 is 5.91 Å². The van der Waals surface area contributed by atoms with Crippen molar-refractivity contribution in [2.45, 2.75) is 0 Å². The topological polar surface area (TPSA) is 68.5 Å². The first-order chi connectivity index (χ1) is 11.1. The van der Waals surface area contributed by atoms with Gasteiger partial charge in [-0.15, -0.1) is 0 Å². The van der Waals surface area contributed by atoms with Crippen LogP contribution in [0.5, 0.6) is 5.75 Å². The summed E-state index contributed by atoms with van der Waals surface area (Å²) in [6.07, 6.45) is 0. The Balaban J connectivity index is 1.98. The van der Waals surface area contributed by atoms with Crippen molar-refractivity contribution in [2.75, 3.05) is 12.4 Å². The zero-order valence-corrected chi connectivity index (χ0v) is 12.9. The number of rotatable bonds is 3. The monoisotopic (exact) mass is 329 g/mol. The fraction of sp³-hybridized carbons (Fsp3) is 0.0588. The summed E-state index contributed by atoms with van der Waals surface area (Å²) < 4.78 is 10.6. The molecule has 0 spiro atoms. The van der Waals surface area contributed by atoms with Gasteiger partial charge in [0.2, 0.25) is 0 Å². The van der Waals surface area contributed by atoms with E-state index in [4.69, 9.17) is 20.8 Å². The molecule has 116 valence electrons. The quantitative estimate of drug-likeness (QED) is 0.795. The first kappa shape index (κ1) is 15.1. The largest absolute Gasteiger partial charge is 0.497 e. The van der Waals surface area contributed by atoms with E-state index >= 15 is 0 Å². The lowest BCUT2D eigenvalue weighted by Gasteiger charge is -2.06. The van der Waals surface area contributed by atoms with Gasteiger partial charge in [-0.1, -0.05) is 17.7 Å². The lowest BCUT2D eigenvalue weighted by Crippen LogP contribution is -2.14. The number of hydrogen-bond donors (Lipinski definition) is 1. The molecule has 0 radical (unpaired) electrons. The van der Waals surface area contributed by atoms with Crippen LogP contribution in [0.3, 0.4) is 0 Å². The predicted molar refractivity (Wildman–Crippen MR) is 88.4 cm³/mol. The van der Waals surface area contributed by atoms with Gasteiger partial charge in [-0.05, 0) is 30.3 Å². The molecule has 1 amide bonds. The number of amides is 1. The van der Waals surface area contributed by atoms with E-state index in [0.717, 1.165) is 6.07 Å². The first-order valence-corrected chi connectivity index (χ1v) is 7.13. The Bertz CT molecular complexity index is 949. The minimum atomic E-state index is -0.533. The molecule has 23 heavy (non-hydrogen) atoms. The molecule has 0 aliphatic carbocycles. The molecule has 0 saturated carbocycles. The standard InChI is InChI=1S/C17H12ClNO4/c1-22-12-5-6-13-14(20)9-16(23-15(13)8-12)17(21)19-11-4-2-3-10(18)7-11/h2-9H,1H3,(H,19,21). The van der Waals surface area contributed by atoms with Crippen LogP contribution in [-0.4, -0.2) is 13.0 Å². The Morgan fingerprint density at radius 2 is 2.00 bits per heavy atom. The van der Waals surface area contributed by atoms with Crippen molar-refractivity contribution in [3.8, 4) is 5.75 Å². The van der Waals surface area contributed by atoms with Crippen LogP contribution in [0.1, 0.15) is 10.6 Å². The van der Waals surface area contributed by atoms with E-state index in [-0.39, 0.29) is 16.8 Å². The molecule has 0 aliphatic rings. The van der Waals surface area contributed by atoms with Gasteiger partial charge < -0.3 is 14.5 Å². The molecule has 0 atom stereocenters. The van der Waals surface area contributed by atoms with Crippen molar-refractivity contribution in [1.29, 1.82) is 0 Å². The van der Waals surface area contributed by atoms with Gasteiger partial charge in [0.15, 0.2) is 11.2 Å². The van der Waals surface area contributed by atoms with E-state index in [9.17, 15) is 9.59 Å². The molecule has 0 fully saturated rings. The molecular formula is C17H12ClNO4. The maximum absolute atomic E-state index is 12.3. The molecular weight excluding hydrogens is 318 g/mol. The minimum absolute atomic E-state index is 0.0873. The number of benzene rings is 2. The maximum Gasteiger partial charge on any atom is 0.291 e. The fourth-order valence-corrected chi connectivity index (χ4v) is 2.32. The van der Waals surface area contributed by atoms with E-state index in [2.05, 4.69) is 5.32 Å². The highest BCUT2D eigenvalue weighted by Crippen LogP contribution is 2.20. The summed E-state index contributed by atoms with van der Waals surface area (Å²) >= 11 is 5.87. The number of carbonyl (C=O) groups excluding carboxylic acids is 1. The van der Waals surface area contributed by atoms with E-state index in [1.54, 1.807) is 42.5 Å². The molecule has 6 heteroatoms. The van der Waals surface area contributed by atoms with Crippen LogP contribution in [-0.2, 0) is 0 Å². The first-order valence-electron chi connectivity index (χ1n) is 6.75. The van der Waals surface area contributed by atoms with Crippen molar-refractivity contribution >= 4 is 34.2 Å². The Kier molecular flexibility index (Phi) is 4.04. The summed E-state index contributed by atoms with van der Waals surface area (Å²) in [5.74, 6) is -0.0853. The van der Waals surface area contributed by atoms with Crippen LogP contribution in [0, 0.1) is 0 Å². The summed E-state index contributed by atoms with van der Waals surface area (Å²) in [5, 5.41) is 3.51. The van der Waals surface area contributed by atoms with Gasteiger partial charge in [0.05, 0.1) is 12.5 Å². The molecule has 0 aliphatic heterocycles. The highest BCUT2D eigenvalue weighted by molar-refractivity contribution is 6.30. The van der Waals surface area contributed by atoms with Crippen LogP contribution < -0.4 is 15.5 Å². The van der Waals surface area contributed by atoms with Crippen molar-refractivity contribution in [1.82, 2.24) is 0 Å². The zero-order chi connectivity index (χ0) is 16.4. The van der Waals surface area contributed by atoms with Crippen molar-refractivity contribution in [3.63, 3.8) is 0 Å². The van der Waals surface area contributed by atoms with Crippen LogP contribution in [0.2, 0.25) is 5.02 Å². The molecule has 3 aromatic rings. The molecule has 3 rings (SSSR count). The van der Waals surface area contributed by atoms with Crippen LogP contribution in [0.4, 0.5) is 5.69 Å². The van der Waals surface area contributed by atoms with Gasteiger partial charge >= 0.3 is 0 Å². The third-order valence-corrected chi connectivity index (χ3v) is 3.48. The third kappa shape index (κ3) is 3.19. The Morgan fingerprint density at radius 3 is 2.74 bits per heavy atom. The van der Waals surface area contributed by atoms with Crippen molar-refractivity contribution in [2.24, 2.45) is 0 Å². The molecule has 1 N–H and O–H groups in total. The third-order valence-electron chi connectivity index (χ3n) is 3.24. The summed E-state index contributed by atoms with van der Waals surface area (Å²) in [4.78, 5) is 24.4. The van der Waals surface area contributed by atoms with Gasteiger partial charge in [0.1, 0.15) is 11.3 Å². The number of hydrogen-bond acceptors (Lipinski definition) is 4. The van der Waals surface area contributed by atoms with Gasteiger partial charge in [-0.2, -0.15) is 0 Å². The number of ether oxygens (including phenoxy) is 1. The fourth-order valence-electron chi connectivity index (χ4n) is 2.13. The van der Waals surface area contributed by atoms with E-state index in [1.165, 1.54) is 7.11 Å². The average Bonchev–Trinajstić information content (AvgIpc) is 2.54. The van der Waals surface area contributed by atoms with E-state index in [1.807, 2.05) is 0 Å². The van der Waals surface area contributed by atoms with Crippen LogP contribution in [0.25, 0.3) is 11.0 Å². The molecule has 1 aromatic heterocycles. The van der Waals surface area contributed by atoms with Gasteiger partial charge in [0.25, 0.3) is 5.91 Å². The molecule has 0 bridgehead atoms. The lowest BCUT2D eigenvalue weighted by atomic mass is 10.2. The number of fused-ring (bicyclic) bond motifs is 1. The minimum Gasteiger partial charge on any atom is -0.497 e. The van der Waals surface area contributed by atoms with E-state index in [0.29, 0.717) is 21.8 Å². The van der Waals surface area contributed by atoms with Crippen molar-refractivity contribution < 1.29 is 13.9 Å². The van der Waals surface area contributed by atoms with Crippen LogP contribution >= 0.6 is 11.6 Å². The smallest absolute Gasteiger partial charge is 0.291 e. The summed E-state index contributed by atoms with van der Waals surface area (Å²) in [6.45, 7) is 0. The van der Waals surface area contributed by atoms with Gasteiger partial charge in [-0.3, -0.25) is 9.59 Å². The average molecular weight is 330 g/mol. The number of nitrogens with one attached hydrogen (secondary N) is 1. The predicted octanol–water partition coefficient (Wildman–Crippen LogP) is 3.71. The summed E-state index contributed by atoms with van der Waals surface area (Å²) in [6, 6.07) is 12.7. The SMILES string of the molecule is COc1ccc2c(=O)cc(C(=O)Nc3cccc(Cl)c3)oc2c1. The molecule has 5 nitrogen and oxygen atoms in total. The highest BCUT2D eigenvalue weighted by atomic mass is 35.5. The Morgan fingerprint density at radius 1 is 1.17 bits per heavy atom. The lowest BCUT2D eigenvalue weighted by molar-refractivity contribution is 0.0997. The molecule has 0 unspecified atom stereocenters. The second kappa shape index (κ2) is 6.14. The molecule has 1 heterocycles. The Labute approximate surface area is 136 Å². The Hall–Kier alpha value is -2.79. The summed E-state index contributed by atoms with van der Waals surface area (Å²) in [5.41, 5.74) is 0.495. The second-order valence-electron chi connectivity index (χ2n) is 4.80. The maximum atomic E-state index is 12.3. The molecule has 2 aromatic carbocycles. The summed E-state index contributed by atoms with van der Waals surface area (Å²) in [7, 11) is 1.51. The van der Waals surface area contributed by atoms with Gasteiger partial charge in [-0.25, -0.2) is 0 Å². The normalized spacial score (nSPS) is 10.5. The number of carbonyl (C=O) groups is 1. The van der Waals surface area contributed by atoms with Crippen LogP contribution in [0.15, 0.2) is 57.7 Å². The highest BCUT2D eigenvalue weighted by Gasteiger charge is 2.13. The molecule has 0 saturated heterocycles. The number of anilines is 1. The zero-order valence-electron chi connectivity index (χ0n) is 12.1. The van der Waals surface area contributed by atoms with Gasteiger partial charge in [0, 0.05) is 22.8 Å². The number of halogens is 1. The second-order valence-corrected chi connectivity index (χ2v) is 5.24. The number of methoxy groups -OCH3 is 1.